The summed E-state index contributed by atoms with van der Waals surface area (Å²) in [4.78, 5) is 35.5. The second-order valence-electron chi connectivity index (χ2n) is 6.37. The Morgan fingerprint density at radius 1 is 1.10 bits per heavy atom. The van der Waals surface area contributed by atoms with Crippen LogP contribution in [0.5, 0.6) is 0 Å². The summed E-state index contributed by atoms with van der Waals surface area (Å²) < 4.78 is 2.34. The third-order valence-electron chi connectivity index (χ3n) is 4.35. The average Bonchev–Trinajstić information content (AvgIpc) is 3.22. The lowest BCUT2D eigenvalue weighted by molar-refractivity contribution is -0.115. The molecule has 2 aromatic carbocycles. The molecule has 0 radical (unpaired) electrons. The zero-order valence-electron chi connectivity index (χ0n) is 15.4. The monoisotopic (exact) mass is 486 g/mol. The normalized spacial score (nSPS) is 12.6. The Labute approximate surface area is 183 Å². The Kier molecular flexibility index (Phi) is 5.55. The van der Waals surface area contributed by atoms with Crippen LogP contribution in [0.25, 0.3) is 11.4 Å². The fourth-order valence-electron chi connectivity index (χ4n) is 2.88. The highest BCUT2D eigenvalue weighted by atomic mass is 79.9. The van der Waals surface area contributed by atoms with Gasteiger partial charge in [0.05, 0.1) is 11.1 Å². The second-order valence-corrected chi connectivity index (χ2v) is 8.35. The highest BCUT2D eigenvalue weighted by Crippen LogP contribution is 2.24. The first kappa shape index (κ1) is 20.1. The lowest BCUT2D eigenvalue weighted by atomic mass is 10.1. The van der Waals surface area contributed by atoms with Crippen LogP contribution in [0.2, 0.25) is 0 Å². The molecule has 0 aliphatic carbocycles. The van der Waals surface area contributed by atoms with E-state index in [0.29, 0.717) is 28.0 Å². The smallest absolute Gasteiger partial charge is 0.259 e. The molecule has 0 saturated heterocycles. The van der Waals surface area contributed by atoms with Crippen molar-refractivity contribution in [1.29, 1.82) is 0 Å². The summed E-state index contributed by atoms with van der Waals surface area (Å²) >= 11 is 4.69. The molecule has 9 nitrogen and oxygen atoms in total. The number of anilines is 1. The number of imide groups is 1. The fraction of sp³-hybridized carbons (Fsp3) is 0.105. The standard InChI is InChI=1S/C19H15BrN6O3S/c20-11-3-1-10(2-4-11)16-24-25-19(26(16)21)30-8-7-15(27)22-12-5-6-13-14(9-12)18(29)23-17(13)28/h1-6,9H,7-8,21H2,(H,22,27)(H,23,28,29). The number of amides is 3. The SMILES string of the molecule is Nn1c(SCCC(=O)Nc2ccc3c(c2)C(=O)NC3=O)nnc1-c1ccc(Br)cc1. The van der Waals surface area contributed by atoms with Crippen molar-refractivity contribution in [2.45, 2.75) is 11.6 Å². The molecule has 4 N–H and O–H groups in total. The van der Waals surface area contributed by atoms with Crippen LogP contribution in [-0.2, 0) is 4.79 Å². The maximum absolute atomic E-state index is 12.2. The molecule has 1 aliphatic rings. The number of nitrogens with zero attached hydrogens (tertiary/aromatic N) is 3. The van der Waals surface area contributed by atoms with Crippen molar-refractivity contribution in [3.05, 3.63) is 58.1 Å². The van der Waals surface area contributed by atoms with E-state index >= 15 is 0 Å². The minimum absolute atomic E-state index is 0.202. The lowest BCUT2D eigenvalue weighted by Crippen LogP contribution is -2.19. The number of nitrogens with two attached hydrogens (primary N) is 1. The van der Waals surface area contributed by atoms with E-state index in [-0.39, 0.29) is 17.9 Å². The Hall–Kier alpha value is -3.18. The molecule has 1 aromatic heterocycles. The van der Waals surface area contributed by atoms with Gasteiger partial charge in [-0.3, -0.25) is 19.7 Å². The van der Waals surface area contributed by atoms with Crippen LogP contribution in [0.15, 0.2) is 52.1 Å². The first-order valence-corrected chi connectivity index (χ1v) is 10.6. The topological polar surface area (TPSA) is 132 Å². The number of aromatic nitrogens is 3. The Morgan fingerprint density at radius 3 is 2.60 bits per heavy atom. The molecule has 0 atom stereocenters. The van der Waals surface area contributed by atoms with E-state index in [1.807, 2.05) is 24.3 Å². The first-order chi connectivity index (χ1) is 14.4. The molecule has 30 heavy (non-hydrogen) atoms. The minimum atomic E-state index is -0.467. The lowest BCUT2D eigenvalue weighted by Gasteiger charge is -2.06. The number of halogens is 1. The number of carbonyl (C=O) groups is 3. The van der Waals surface area contributed by atoms with Gasteiger partial charge in [0, 0.05) is 27.9 Å². The van der Waals surface area contributed by atoms with E-state index in [0.717, 1.165) is 10.0 Å². The molecule has 11 heteroatoms. The van der Waals surface area contributed by atoms with Crippen molar-refractivity contribution in [2.75, 3.05) is 16.9 Å². The van der Waals surface area contributed by atoms with Crippen molar-refractivity contribution >= 4 is 51.1 Å². The van der Waals surface area contributed by atoms with Crippen LogP contribution in [0, 0.1) is 0 Å². The number of thioether (sulfide) groups is 1. The quantitative estimate of drug-likeness (QED) is 0.276. The van der Waals surface area contributed by atoms with Crippen LogP contribution >= 0.6 is 27.7 Å². The van der Waals surface area contributed by atoms with Gasteiger partial charge in [0.15, 0.2) is 5.82 Å². The van der Waals surface area contributed by atoms with Gasteiger partial charge in [-0.25, -0.2) is 4.68 Å². The molecule has 0 unspecified atom stereocenters. The van der Waals surface area contributed by atoms with Crippen LogP contribution in [0.1, 0.15) is 27.1 Å². The number of hydrogen-bond acceptors (Lipinski definition) is 7. The van der Waals surface area contributed by atoms with Crippen LogP contribution < -0.4 is 16.5 Å². The van der Waals surface area contributed by atoms with E-state index in [4.69, 9.17) is 5.84 Å². The molecule has 2 heterocycles. The predicted molar refractivity (Wildman–Crippen MR) is 116 cm³/mol. The summed E-state index contributed by atoms with van der Waals surface area (Å²) in [5, 5.41) is 13.6. The maximum atomic E-state index is 12.2. The zero-order chi connectivity index (χ0) is 21.3. The molecule has 0 spiro atoms. The minimum Gasteiger partial charge on any atom is -0.335 e. The molecule has 3 amide bonds. The summed E-state index contributed by atoms with van der Waals surface area (Å²) in [5.41, 5.74) is 1.84. The summed E-state index contributed by atoms with van der Waals surface area (Å²) in [6.45, 7) is 0. The van der Waals surface area contributed by atoms with Crippen LogP contribution in [-0.4, -0.2) is 38.3 Å². The van der Waals surface area contributed by atoms with Crippen molar-refractivity contribution < 1.29 is 14.4 Å². The van der Waals surface area contributed by atoms with Gasteiger partial charge in [-0.2, -0.15) is 0 Å². The summed E-state index contributed by atoms with van der Waals surface area (Å²) in [5.74, 6) is 5.91. The van der Waals surface area contributed by atoms with Gasteiger partial charge >= 0.3 is 0 Å². The highest BCUT2D eigenvalue weighted by Gasteiger charge is 2.26. The first-order valence-electron chi connectivity index (χ1n) is 8.81. The van der Waals surface area contributed by atoms with Gasteiger partial charge in [0.25, 0.3) is 11.8 Å². The Morgan fingerprint density at radius 2 is 1.83 bits per heavy atom. The second kappa shape index (κ2) is 8.28. The molecule has 3 aromatic rings. The number of benzene rings is 2. The van der Waals surface area contributed by atoms with E-state index in [9.17, 15) is 14.4 Å². The maximum Gasteiger partial charge on any atom is 0.259 e. The van der Waals surface area contributed by atoms with E-state index < -0.39 is 11.8 Å². The summed E-state index contributed by atoms with van der Waals surface area (Å²) in [6, 6.07) is 12.1. The van der Waals surface area contributed by atoms with Crippen molar-refractivity contribution in [2.24, 2.45) is 0 Å². The number of nitrogen functional groups attached to an aromatic ring is 1. The van der Waals surface area contributed by atoms with Crippen LogP contribution in [0.3, 0.4) is 0 Å². The molecule has 1 aliphatic heterocycles. The molecular weight excluding hydrogens is 472 g/mol. The van der Waals surface area contributed by atoms with E-state index in [2.05, 4.69) is 36.8 Å². The van der Waals surface area contributed by atoms with E-state index in [1.54, 1.807) is 6.07 Å². The zero-order valence-corrected chi connectivity index (χ0v) is 17.8. The van der Waals surface area contributed by atoms with Gasteiger partial charge in [-0.1, -0.05) is 39.8 Å². The van der Waals surface area contributed by atoms with Gasteiger partial charge in [-0.05, 0) is 30.3 Å². The largest absolute Gasteiger partial charge is 0.335 e. The van der Waals surface area contributed by atoms with Crippen molar-refractivity contribution in [3.8, 4) is 11.4 Å². The molecular formula is C19H15BrN6O3S. The number of fused-ring (bicyclic) bond motifs is 1. The molecule has 0 bridgehead atoms. The summed E-state index contributed by atoms with van der Waals surface area (Å²) in [7, 11) is 0. The molecule has 4 rings (SSSR count). The number of carbonyl (C=O) groups excluding carboxylic acids is 3. The molecule has 0 fully saturated rings. The Bertz CT molecular complexity index is 1160. The fourth-order valence-corrected chi connectivity index (χ4v) is 3.93. The van der Waals surface area contributed by atoms with Gasteiger partial charge < -0.3 is 11.2 Å². The van der Waals surface area contributed by atoms with Gasteiger partial charge in [0.1, 0.15) is 0 Å². The third kappa shape index (κ3) is 4.07. The summed E-state index contributed by atoms with van der Waals surface area (Å²) in [6.07, 6.45) is 0.202. The molecule has 0 saturated carbocycles. The predicted octanol–water partition coefficient (Wildman–Crippen LogP) is 2.43. The van der Waals surface area contributed by atoms with Gasteiger partial charge in [-0.15, -0.1) is 10.2 Å². The van der Waals surface area contributed by atoms with E-state index in [1.165, 1.54) is 28.6 Å². The van der Waals surface area contributed by atoms with Crippen molar-refractivity contribution in [1.82, 2.24) is 20.2 Å². The molecule has 152 valence electrons. The highest BCUT2D eigenvalue weighted by molar-refractivity contribution is 9.10. The number of hydrogen-bond donors (Lipinski definition) is 3. The average molecular weight is 487 g/mol. The van der Waals surface area contributed by atoms with Crippen molar-refractivity contribution in [3.63, 3.8) is 0 Å². The number of nitrogens with one attached hydrogen (secondary N) is 2. The van der Waals surface area contributed by atoms with Crippen LogP contribution in [0.4, 0.5) is 5.69 Å². The third-order valence-corrected chi connectivity index (χ3v) is 5.82. The number of rotatable bonds is 6. The Balaban J connectivity index is 1.33. The van der Waals surface area contributed by atoms with Gasteiger partial charge in [0.2, 0.25) is 11.1 Å².